The van der Waals surface area contributed by atoms with Gasteiger partial charge in [0.05, 0.1) is 4.90 Å². The van der Waals surface area contributed by atoms with E-state index >= 15 is 0 Å². The molecule has 1 rings (SSSR count). The molecule has 4 heteroatoms. The Morgan fingerprint density at radius 3 is 2.00 bits per heavy atom. The predicted octanol–water partition coefficient (Wildman–Crippen LogP) is 0.852. The zero-order valence-corrected chi connectivity index (χ0v) is 7.85. The molecular weight excluding hydrogens is 176 g/mol. The molecule has 0 aliphatic carbocycles. The fourth-order valence-electron chi connectivity index (χ4n) is 0.717. The highest BCUT2D eigenvalue weighted by molar-refractivity contribution is 8.12. The Hall–Kier alpha value is -0.613. The van der Waals surface area contributed by atoms with Crippen LogP contribution in [-0.4, -0.2) is 17.8 Å². The minimum absolute atomic E-state index is 0.291. The van der Waals surface area contributed by atoms with E-state index in [-0.39, 0.29) is 0 Å². The van der Waals surface area contributed by atoms with Crippen LogP contribution in [0.15, 0.2) is 29.2 Å². The average molecular weight is 183 g/mol. The smallest absolute Gasteiger partial charge is 0.221 e. The van der Waals surface area contributed by atoms with E-state index in [0.29, 0.717) is 4.90 Å². The van der Waals surface area contributed by atoms with Gasteiger partial charge in [-0.05, 0) is 19.1 Å². The van der Waals surface area contributed by atoms with E-state index in [1.165, 1.54) is 0 Å². The Morgan fingerprint density at radius 1 is 1.18 bits per heavy atom. The van der Waals surface area contributed by atoms with E-state index in [0.717, 1.165) is 5.56 Å². The van der Waals surface area contributed by atoms with E-state index in [9.17, 15) is 8.42 Å². The summed E-state index contributed by atoms with van der Waals surface area (Å²) >= 11 is 0. The quantitative estimate of drug-likeness (QED) is 0.605. The summed E-state index contributed by atoms with van der Waals surface area (Å²) in [5.41, 5.74) is 1.05. The molecule has 1 aromatic carbocycles. The monoisotopic (exact) mass is 183 g/mol. The van der Waals surface area contributed by atoms with Crippen LogP contribution in [-0.2, 0) is 9.29 Å². The van der Waals surface area contributed by atoms with Crippen molar-refractivity contribution in [3.63, 3.8) is 0 Å². The zero-order valence-electron chi connectivity index (χ0n) is 6.03. The van der Waals surface area contributed by atoms with Gasteiger partial charge in [-0.3, -0.25) is 0 Å². The maximum absolute atomic E-state index is 10.9. The maximum Gasteiger partial charge on any atom is 0.221 e. The van der Waals surface area contributed by atoms with Crippen LogP contribution < -0.4 is 0 Å². The van der Waals surface area contributed by atoms with Gasteiger partial charge in [-0.25, -0.2) is 8.42 Å². The molecule has 0 heterocycles. The number of rotatable bonds is 1. The SMILES string of the molecule is Cc1ccc(S(=O)(=O)[Si])cc1. The van der Waals surface area contributed by atoms with Crippen molar-refractivity contribution in [2.45, 2.75) is 11.8 Å². The second-order valence-electron chi connectivity index (χ2n) is 2.32. The van der Waals surface area contributed by atoms with Gasteiger partial charge in [0.2, 0.25) is 9.39 Å². The Labute approximate surface area is 69.2 Å². The van der Waals surface area contributed by atoms with E-state index in [4.69, 9.17) is 0 Å². The molecule has 1 aromatic rings. The first-order valence-corrected chi connectivity index (χ1v) is 5.77. The topological polar surface area (TPSA) is 34.1 Å². The van der Waals surface area contributed by atoms with E-state index in [2.05, 4.69) is 9.39 Å². The van der Waals surface area contributed by atoms with E-state index in [1.807, 2.05) is 6.92 Å². The minimum atomic E-state index is -3.21. The fourth-order valence-corrected chi connectivity index (χ4v) is 1.62. The Morgan fingerprint density at radius 2 is 1.64 bits per heavy atom. The van der Waals surface area contributed by atoms with Gasteiger partial charge in [0.25, 0.3) is 0 Å². The van der Waals surface area contributed by atoms with Crippen LogP contribution in [0.5, 0.6) is 0 Å². The van der Waals surface area contributed by atoms with Crippen molar-refractivity contribution >= 4 is 18.7 Å². The van der Waals surface area contributed by atoms with Crippen LogP contribution in [0.1, 0.15) is 5.56 Å². The molecule has 0 atom stereocenters. The van der Waals surface area contributed by atoms with Gasteiger partial charge in [0.15, 0.2) is 0 Å². The first kappa shape index (κ1) is 8.48. The molecule has 0 saturated heterocycles. The molecular formula is C7H7O2SSi. The van der Waals surface area contributed by atoms with E-state index in [1.54, 1.807) is 24.3 Å². The Bertz CT molecular complexity index is 339. The van der Waals surface area contributed by atoms with Gasteiger partial charge < -0.3 is 0 Å². The minimum Gasteiger partial charge on any atom is -0.232 e. The Kier molecular flexibility index (Phi) is 2.15. The first-order valence-electron chi connectivity index (χ1n) is 3.06. The first-order chi connectivity index (χ1) is 5.00. The highest BCUT2D eigenvalue weighted by Crippen LogP contribution is 2.08. The molecule has 0 aliphatic rings. The van der Waals surface area contributed by atoms with Crippen LogP contribution in [0.2, 0.25) is 0 Å². The van der Waals surface area contributed by atoms with Crippen molar-refractivity contribution in [1.29, 1.82) is 0 Å². The summed E-state index contributed by atoms with van der Waals surface area (Å²) in [5, 5.41) is 0. The molecule has 0 aliphatic heterocycles. The average Bonchev–Trinajstić information content (AvgIpc) is 1.86. The third kappa shape index (κ3) is 2.16. The largest absolute Gasteiger partial charge is 0.232 e. The second-order valence-corrected chi connectivity index (χ2v) is 5.41. The van der Waals surface area contributed by atoms with Crippen molar-refractivity contribution in [3.05, 3.63) is 29.8 Å². The van der Waals surface area contributed by atoms with E-state index < -0.39 is 9.29 Å². The molecule has 2 nitrogen and oxygen atoms in total. The van der Waals surface area contributed by atoms with Crippen LogP contribution >= 0.6 is 0 Å². The van der Waals surface area contributed by atoms with Crippen molar-refractivity contribution in [3.8, 4) is 0 Å². The standard InChI is InChI=1S/C7H7O2SSi/c1-6-2-4-7(5-3-6)10(8,9)11/h2-5H,1H3. The zero-order chi connectivity index (χ0) is 8.48. The summed E-state index contributed by atoms with van der Waals surface area (Å²) in [7, 11) is -0.580. The number of aryl methyl sites for hydroxylation is 1. The summed E-state index contributed by atoms with van der Waals surface area (Å²) < 4.78 is 21.7. The highest BCUT2D eigenvalue weighted by Gasteiger charge is 2.04. The lowest BCUT2D eigenvalue weighted by Gasteiger charge is -1.96. The summed E-state index contributed by atoms with van der Waals surface area (Å²) in [6.07, 6.45) is 0. The van der Waals surface area contributed by atoms with Gasteiger partial charge >= 0.3 is 0 Å². The third-order valence-electron chi connectivity index (χ3n) is 1.33. The molecule has 0 unspecified atom stereocenters. The summed E-state index contributed by atoms with van der Waals surface area (Å²) in [6, 6.07) is 6.65. The Balaban J connectivity index is 3.20. The third-order valence-corrected chi connectivity index (χ3v) is 2.93. The molecule has 0 aromatic heterocycles. The second kappa shape index (κ2) is 2.79. The van der Waals surface area contributed by atoms with Gasteiger partial charge in [-0.2, -0.15) is 0 Å². The lowest BCUT2D eigenvalue weighted by atomic mass is 10.2. The van der Waals surface area contributed by atoms with Crippen molar-refractivity contribution in [2.75, 3.05) is 0 Å². The molecule has 0 saturated carbocycles. The van der Waals surface area contributed by atoms with Crippen molar-refractivity contribution in [2.24, 2.45) is 0 Å². The molecule has 57 valence electrons. The van der Waals surface area contributed by atoms with Gasteiger partial charge in [-0.1, -0.05) is 17.7 Å². The van der Waals surface area contributed by atoms with Crippen molar-refractivity contribution < 1.29 is 8.42 Å². The summed E-state index contributed by atoms with van der Waals surface area (Å²) in [4.78, 5) is 0.291. The van der Waals surface area contributed by atoms with Crippen molar-refractivity contribution in [1.82, 2.24) is 0 Å². The predicted molar refractivity (Wildman–Crippen MR) is 44.1 cm³/mol. The van der Waals surface area contributed by atoms with Gasteiger partial charge in [0, 0.05) is 0 Å². The van der Waals surface area contributed by atoms with Gasteiger partial charge in [-0.15, -0.1) is 0 Å². The van der Waals surface area contributed by atoms with Crippen LogP contribution in [0.25, 0.3) is 0 Å². The molecule has 0 bridgehead atoms. The molecule has 11 heavy (non-hydrogen) atoms. The lowest BCUT2D eigenvalue weighted by molar-refractivity contribution is 0.609. The molecule has 0 fully saturated rings. The summed E-state index contributed by atoms with van der Waals surface area (Å²) in [6.45, 7) is 1.91. The number of benzene rings is 1. The number of hydrogen-bond acceptors (Lipinski definition) is 2. The molecule has 3 radical (unpaired) electrons. The van der Waals surface area contributed by atoms with Gasteiger partial charge in [0.1, 0.15) is 9.29 Å². The highest BCUT2D eigenvalue weighted by atomic mass is 32.4. The summed E-state index contributed by atoms with van der Waals surface area (Å²) in [5.74, 6) is 0. The molecule has 0 N–H and O–H groups in total. The normalized spacial score (nSPS) is 11.5. The fraction of sp³-hybridized carbons (Fsp3) is 0.143. The lowest BCUT2D eigenvalue weighted by Crippen LogP contribution is -1.98. The number of hydrogen-bond donors (Lipinski definition) is 0. The van der Waals surface area contributed by atoms with Crippen LogP contribution in [0.4, 0.5) is 0 Å². The molecule has 0 amide bonds. The maximum atomic E-state index is 10.9. The van der Waals surface area contributed by atoms with Crippen LogP contribution in [0.3, 0.4) is 0 Å². The molecule has 0 spiro atoms. The van der Waals surface area contributed by atoms with Crippen LogP contribution in [0, 0.1) is 6.92 Å².